The minimum Gasteiger partial charge on any atom is -0.384 e. The van der Waals surface area contributed by atoms with Crippen LogP contribution in [0.5, 0.6) is 0 Å². The van der Waals surface area contributed by atoms with Crippen LogP contribution >= 0.6 is 22.7 Å². The van der Waals surface area contributed by atoms with E-state index in [9.17, 15) is 0 Å². The molecule has 0 saturated heterocycles. The van der Waals surface area contributed by atoms with Gasteiger partial charge in [0.25, 0.3) is 0 Å². The van der Waals surface area contributed by atoms with Crippen LogP contribution in [-0.4, -0.2) is 31.7 Å². The molecule has 0 radical (unpaired) electrons. The number of thiazole rings is 1. The van der Waals surface area contributed by atoms with E-state index in [4.69, 9.17) is 5.11 Å². The van der Waals surface area contributed by atoms with E-state index in [2.05, 4.69) is 39.4 Å². The predicted molar refractivity (Wildman–Crippen MR) is 87.9 cm³/mol. The molecule has 0 aliphatic heterocycles. The van der Waals surface area contributed by atoms with E-state index in [-0.39, 0.29) is 6.61 Å². The molecule has 5 nitrogen and oxygen atoms in total. The lowest BCUT2D eigenvalue weighted by molar-refractivity contribution is 0.350. The Kier molecular flexibility index (Phi) is 4.63. The first-order valence-corrected chi connectivity index (χ1v) is 8.56. The van der Waals surface area contributed by atoms with E-state index in [0.29, 0.717) is 6.54 Å². The van der Waals surface area contributed by atoms with Crippen LogP contribution in [0.2, 0.25) is 0 Å². The lowest BCUT2D eigenvalue weighted by atomic mass is 10.3. The number of hydrogen-bond acceptors (Lipinski definition) is 6. The Bertz CT molecular complexity index is 822. The van der Waals surface area contributed by atoms with E-state index in [1.54, 1.807) is 27.4 Å². The third kappa shape index (κ3) is 3.42. The van der Waals surface area contributed by atoms with Gasteiger partial charge in [-0.1, -0.05) is 24.0 Å². The summed E-state index contributed by atoms with van der Waals surface area (Å²) in [6, 6.07) is 1.96. The van der Waals surface area contributed by atoms with Gasteiger partial charge in [-0.3, -0.25) is 0 Å². The van der Waals surface area contributed by atoms with Gasteiger partial charge >= 0.3 is 0 Å². The molecule has 0 bridgehead atoms. The van der Waals surface area contributed by atoms with Crippen LogP contribution in [0.25, 0.3) is 10.6 Å². The summed E-state index contributed by atoms with van der Waals surface area (Å²) in [5, 5.41) is 22.1. The summed E-state index contributed by atoms with van der Waals surface area (Å²) >= 11 is 3.22. The third-order valence-electron chi connectivity index (χ3n) is 2.96. The quantitative estimate of drug-likeness (QED) is 0.746. The topological polar surface area (TPSA) is 63.8 Å². The van der Waals surface area contributed by atoms with Gasteiger partial charge in [0.1, 0.15) is 17.3 Å². The second-order valence-corrected chi connectivity index (χ2v) is 6.40. The highest BCUT2D eigenvalue weighted by atomic mass is 32.1. The molecule has 3 aromatic rings. The monoisotopic (exact) mass is 330 g/mol. The summed E-state index contributed by atoms with van der Waals surface area (Å²) in [7, 11) is 0. The molecule has 0 fully saturated rings. The van der Waals surface area contributed by atoms with E-state index in [0.717, 1.165) is 33.3 Å². The standard InChI is InChI=1S/C15H14N4OS2/c1-2-12-10-22-15(16-12)8-19-7-13(17-18-19)14-6-11(9-21-14)4-3-5-20/h6-7,9-10,20H,2,5,8H2,1H3. The van der Waals surface area contributed by atoms with Crippen molar-refractivity contribution in [1.82, 2.24) is 20.0 Å². The van der Waals surface area contributed by atoms with Crippen molar-refractivity contribution < 1.29 is 5.11 Å². The van der Waals surface area contributed by atoms with Gasteiger partial charge in [-0.15, -0.1) is 27.8 Å². The molecular weight excluding hydrogens is 316 g/mol. The zero-order valence-corrected chi connectivity index (χ0v) is 13.6. The normalized spacial score (nSPS) is 10.5. The second kappa shape index (κ2) is 6.83. The van der Waals surface area contributed by atoms with Crippen LogP contribution < -0.4 is 0 Å². The van der Waals surface area contributed by atoms with Gasteiger partial charge in [-0.2, -0.15) is 0 Å². The minimum atomic E-state index is -0.130. The van der Waals surface area contributed by atoms with Crippen molar-refractivity contribution in [2.45, 2.75) is 19.9 Å². The van der Waals surface area contributed by atoms with Gasteiger partial charge < -0.3 is 5.11 Å². The maximum absolute atomic E-state index is 8.71. The SMILES string of the molecule is CCc1csc(Cn2cc(-c3cc(C#CCO)cs3)nn2)n1. The molecule has 0 aliphatic carbocycles. The Morgan fingerprint density at radius 1 is 1.32 bits per heavy atom. The average molecular weight is 330 g/mol. The molecule has 0 amide bonds. The fourth-order valence-electron chi connectivity index (χ4n) is 1.89. The molecular formula is C15H14N4OS2. The summed E-state index contributed by atoms with van der Waals surface area (Å²) in [5.41, 5.74) is 2.83. The molecule has 7 heteroatoms. The number of rotatable bonds is 4. The molecule has 22 heavy (non-hydrogen) atoms. The van der Waals surface area contributed by atoms with Crippen LogP contribution in [0.3, 0.4) is 0 Å². The van der Waals surface area contributed by atoms with Crippen molar-refractivity contribution in [2.24, 2.45) is 0 Å². The fourth-order valence-corrected chi connectivity index (χ4v) is 3.55. The molecule has 3 aromatic heterocycles. The molecule has 3 rings (SSSR count). The van der Waals surface area contributed by atoms with E-state index < -0.39 is 0 Å². The number of aromatic nitrogens is 4. The summed E-state index contributed by atoms with van der Waals surface area (Å²) in [4.78, 5) is 5.55. The number of aryl methyl sites for hydroxylation is 1. The smallest absolute Gasteiger partial charge is 0.123 e. The van der Waals surface area contributed by atoms with Gasteiger partial charge in [0, 0.05) is 16.3 Å². The molecule has 3 heterocycles. The second-order valence-electron chi connectivity index (χ2n) is 4.55. The molecule has 0 atom stereocenters. The third-order valence-corrected chi connectivity index (χ3v) is 4.80. The number of nitrogens with zero attached hydrogens (tertiary/aromatic N) is 4. The van der Waals surface area contributed by atoms with Crippen LogP contribution in [-0.2, 0) is 13.0 Å². The number of hydrogen-bond donors (Lipinski definition) is 1. The first-order valence-electron chi connectivity index (χ1n) is 6.80. The molecule has 0 spiro atoms. The highest BCUT2D eigenvalue weighted by Crippen LogP contribution is 2.25. The average Bonchev–Trinajstić information content (AvgIpc) is 3.25. The Morgan fingerprint density at radius 3 is 3.00 bits per heavy atom. The van der Waals surface area contributed by atoms with Gasteiger partial charge in [0.15, 0.2) is 0 Å². The lowest BCUT2D eigenvalue weighted by Gasteiger charge is -1.94. The first kappa shape index (κ1) is 14.9. The van der Waals surface area contributed by atoms with E-state index >= 15 is 0 Å². The molecule has 112 valence electrons. The van der Waals surface area contributed by atoms with E-state index in [1.165, 1.54) is 0 Å². The Hall–Kier alpha value is -2.01. The lowest BCUT2D eigenvalue weighted by Crippen LogP contribution is -2.00. The Labute approximate surface area is 136 Å². The van der Waals surface area contributed by atoms with Crippen molar-refractivity contribution in [1.29, 1.82) is 0 Å². The van der Waals surface area contributed by atoms with Crippen LogP contribution in [0, 0.1) is 11.8 Å². The van der Waals surface area contributed by atoms with Crippen LogP contribution in [0.4, 0.5) is 0 Å². The fraction of sp³-hybridized carbons (Fsp3) is 0.267. The van der Waals surface area contributed by atoms with Crippen molar-refractivity contribution in [3.05, 3.63) is 39.3 Å². The Balaban J connectivity index is 1.74. The highest BCUT2D eigenvalue weighted by Gasteiger charge is 2.08. The first-order chi connectivity index (χ1) is 10.8. The summed E-state index contributed by atoms with van der Waals surface area (Å²) < 4.78 is 1.80. The van der Waals surface area contributed by atoms with Crippen LogP contribution in [0.15, 0.2) is 23.0 Å². The summed E-state index contributed by atoms with van der Waals surface area (Å²) in [6.45, 7) is 2.61. The maximum atomic E-state index is 8.71. The summed E-state index contributed by atoms with van der Waals surface area (Å²) in [6.07, 6.45) is 2.87. The maximum Gasteiger partial charge on any atom is 0.123 e. The number of aliphatic hydroxyl groups excluding tert-OH is 1. The van der Waals surface area contributed by atoms with Crippen molar-refractivity contribution in [3.63, 3.8) is 0 Å². The largest absolute Gasteiger partial charge is 0.384 e. The van der Waals surface area contributed by atoms with Gasteiger partial charge in [0.05, 0.1) is 23.3 Å². The molecule has 0 aromatic carbocycles. The van der Waals surface area contributed by atoms with Gasteiger partial charge in [0.2, 0.25) is 0 Å². The van der Waals surface area contributed by atoms with Crippen LogP contribution in [0.1, 0.15) is 23.2 Å². The molecule has 0 unspecified atom stereocenters. The zero-order valence-electron chi connectivity index (χ0n) is 12.0. The van der Waals surface area contributed by atoms with Gasteiger partial charge in [-0.05, 0) is 12.5 Å². The minimum absolute atomic E-state index is 0.130. The zero-order chi connectivity index (χ0) is 15.4. The number of thiophene rings is 1. The summed E-state index contributed by atoms with van der Waals surface area (Å²) in [5.74, 6) is 5.53. The van der Waals surface area contributed by atoms with Gasteiger partial charge in [-0.25, -0.2) is 9.67 Å². The Morgan fingerprint density at radius 2 is 2.23 bits per heavy atom. The number of aliphatic hydroxyl groups is 1. The van der Waals surface area contributed by atoms with E-state index in [1.807, 2.05) is 17.6 Å². The van der Waals surface area contributed by atoms with Crippen molar-refractivity contribution in [3.8, 4) is 22.4 Å². The molecule has 0 aliphatic rings. The molecule has 1 N–H and O–H groups in total. The van der Waals surface area contributed by atoms with Crippen molar-refractivity contribution in [2.75, 3.05) is 6.61 Å². The highest BCUT2D eigenvalue weighted by molar-refractivity contribution is 7.13. The molecule has 0 saturated carbocycles. The van der Waals surface area contributed by atoms with Crippen molar-refractivity contribution >= 4 is 22.7 Å². The predicted octanol–water partition coefficient (Wildman–Crippen LogP) is 2.42.